The Morgan fingerprint density at radius 2 is 2.00 bits per heavy atom. The van der Waals surface area contributed by atoms with Crippen LogP contribution >= 0.6 is 23.2 Å². The van der Waals surface area contributed by atoms with Crippen molar-refractivity contribution in [3.63, 3.8) is 0 Å². The number of halogens is 2. The Hall–Kier alpha value is -1.06. The van der Waals surface area contributed by atoms with E-state index in [-0.39, 0.29) is 0 Å². The fourth-order valence-electron chi connectivity index (χ4n) is 1.15. The molecule has 3 nitrogen and oxygen atoms in total. The summed E-state index contributed by atoms with van der Waals surface area (Å²) in [6.07, 6.45) is 1.48. The van der Waals surface area contributed by atoms with Crippen LogP contribution in [-0.4, -0.2) is 17.1 Å². The van der Waals surface area contributed by atoms with E-state index in [9.17, 15) is 0 Å². The normalized spacial score (nSPS) is 10.5. The molecule has 1 aromatic heterocycles. The molecular weight excluding hydrogens is 223 g/mol. The van der Waals surface area contributed by atoms with Gasteiger partial charge in [0.25, 0.3) is 0 Å². The Kier molecular flexibility index (Phi) is 2.44. The van der Waals surface area contributed by atoms with E-state index < -0.39 is 0 Å². The standard InChI is InChI=1S/C9H6Cl2N2O/c1-14-8-3-7-6(2-5(8)10)12-4-9(11)13-7/h2-4H,1H3. The third-order valence-electron chi connectivity index (χ3n) is 1.79. The van der Waals surface area contributed by atoms with E-state index in [1.807, 2.05) is 0 Å². The zero-order chi connectivity index (χ0) is 10.1. The smallest absolute Gasteiger partial charge is 0.148 e. The summed E-state index contributed by atoms with van der Waals surface area (Å²) in [5.74, 6) is 0.565. The van der Waals surface area contributed by atoms with Gasteiger partial charge in [0.05, 0.1) is 29.4 Å². The van der Waals surface area contributed by atoms with Gasteiger partial charge in [0.2, 0.25) is 0 Å². The van der Waals surface area contributed by atoms with Gasteiger partial charge >= 0.3 is 0 Å². The molecule has 0 saturated carbocycles. The fraction of sp³-hybridized carbons (Fsp3) is 0.111. The average molecular weight is 229 g/mol. The third-order valence-corrected chi connectivity index (χ3v) is 2.26. The first-order valence-corrected chi connectivity index (χ1v) is 4.62. The van der Waals surface area contributed by atoms with E-state index in [2.05, 4.69) is 9.97 Å². The minimum absolute atomic E-state index is 0.349. The van der Waals surface area contributed by atoms with Gasteiger partial charge in [0.1, 0.15) is 10.9 Å². The van der Waals surface area contributed by atoms with Crippen LogP contribution in [0, 0.1) is 0 Å². The summed E-state index contributed by atoms with van der Waals surface area (Å²) < 4.78 is 5.05. The fourth-order valence-corrected chi connectivity index (χ4v) is 1.52. The van der Waals surface area contributed by atoms with Gasteiger partial charge in [-0.2, -0.15) is 0 Å². The zero-order valence-corrected chi connectivity index (χ0v) is 8.80. The first-order chi connectivity index (χ1) is 6.70. The number of hydrogen-bond donors (Lipinski definition) is 0. The van der Waals surface area contributed by atoms with Crippen molar-refractivity contribution in [3.05, 3.63) is 28.5 Å². The highest BCUT2D eigenvalue weighted by Gasteiger charge is 2.05. The second-order valence-electron chi connectivity index (χ2n) is 2.67. The molecule has 0 unspecified atom stereocenters. The van der Waals surface area contributed by atoms with Crippen LogP contribution in [0.15, 0.2) is 18.3 Å². The second-order valence-corrected chi connectivity index (χ2v) is 3.46. The molecule has 0 N–H and O–H groups in total. The molecule has 72 valence electrons. The minimum Gasteiger partial charge on any atom is -0.495 e. The molecule has 0 aliphatic carbocycles. The van der Waals surface area contributed by atoms with Gasteiger partial charge in [-0.05, 0) is 6.07 Å². The Morgan fingerprint density at radius 1 is 1.21 bits per heavy atom. The maximum absolute atomic E-state index is 5.92. The molecule has 0 bridgehead atoms. The molecule has 0 fully saturated rings. The van der Waals surface area contributed by atoms with Crippen molar-refractivity contribution in [1.29, 1.82) is 0 Å². The van der Waals surface area contributed by atoms with Gasteiger partial charge in [-0.15, -0.1) is 0 Å². The monoisotopic (exact) mass is 228 g/mol. The van der Waals surface area contributed by atoms with Crippen LogP contribution in [0.25, 0.3) is 11.0 Å². The second kappa shape index (κ2) is 3.59. The summed E-state index contributed by atoms with van der Waals surface area (Å²) >= 11 is 11.6. The maximum Gasteiger partial charge on any atom is 0.148 e. The van der Waals surface area contributed by atoms with E-state index in [4.69, 9.17) is 27.9 Å². The summed E-state index contributed by atoms with van der Waals surface area (Å²) in [6.45, 7) is 0. The van der Waals surface area contributed by atoms with Crippen LogP contribution in [0.1, 0.15) is 0 Å². The van der Waals surface area contributed by atoms with Crippen molar-refractivity contribution in [2.75, 3.05) is 7.11 Å². The van der Waals surface area contributed by atoms with Crippen molar-refractivity contribution in [2.24, 2.45) is 0 Å². The topological polar surface area (TPSA) is 35.0 Å². The minimum atomic E-state index is 0.349. The van der Waals surface area contributed by atoms with E-state index in [1.54, 1.807) is 19.2 Å². The van der Waals surface area contributed by atoms with E-state index in [0.29, 0.717) is 27.0 Å². The van der Waals surface area contributed by atoms with Gasteiger partial charge in [-0.1, -0.05) is 23.2 Å². The van der Waals surface area contributed by atoms with E-state index in [0.717, 1.165) is 0 Å². The lowest BCUT2D eigenvalue weighted by Gasteiger charge is -2.03. The predicted octanol–water partition coefficient (Wildman–Crippen LogP) is 2.95. The summed E-state index contributed by atoms with van der Waals surface area (Å²) in [5.41, 5.74) is 1.36. The van der Waals surface area contributed by atoms with Crippen LogP contribution in [-0.2, 0) is 0 Å². The molecule has 1 heterocycles. The average Bonchev–Trinajstić information content (AvgIpc) is 2.17. The molecule has 0 aliphatic heterocycles. The van der Waals surface area contributed by atoms with Crippen LogP contribution in [0.3, 0.4) is 0 Å². The Morgan fingerprint density at radius 3 is 2.71 bits per heavy atom. The van der Waals surface area contributed by atoms with Crippen LogP contribution in [0.5, 0.6) is 5.75 Å². The van der Waals surface area contributed by atoms with Crippen LogP contribution < -0.4 is 4.74 Å². The van der Waals surface area contributed by atoms with Crippen LogP contribution in [0.4, 0.5) is 0 Å². The van der Waals surface area contributed by atoms with E-state index >= 15 is 0 Å². The number of nitrogens with zero attached hydrogens (tertiary/aromatic N) is 2. The lowest BCUT2D eigenvalue weighted by atomic mass is 10.3. The third kappa shape index (κ3) is 1.61. The van der Waals surface area contributed by atoms with Crippen molar-refractivity contribution < 1.29 is 4.74 Å². The first-order valence-electron chi connectivity index (χ1n) is 3.86. The molecule has 2 aromatic rings. The van der Waals surface area contributed by atoms with Crippen molar-refractivity contribution in [3.8, 4) is 5.75 Å². The molecule has 2 rings (SSSR count). The molecule has 1 aromatic carbocycles. The lowest BCUT2D eigenvalue weighted by molar-refractivity contribution is 0.415. The summed E-state index contributed by atoms with van der Waals surface area (Å²) in [7, 11) is 1.55. The van der Waals surface area contributed by atoms with Gasteiger partial charge < -0.3 is 4.74 Å². The predicted molar refractivity (Wildman–Crippen MR) is 56.1 cm³/mol. The Balaban J connectivity index is 2.73. The van der Waals surface area contributed by atoms with Gasteiger partial charge in [0.15, 0.2) is 0 Å². The summed E-state index contributed by atoms with van der Waals surface area (Å²) in [6, 6.07) is 3.40. The Bertz CT molecular complexity index is 487. The highest BCUT2D eigenvalue weighted by molar-refractivity contribution is 6.33. The molecule has 0 spiro atoms. The van der Waals surface area contributed by atoms with Gasteiger partial charge in [-0.25, -0.2) is 4.98 Å². The summed E-state index contributed by atoms with van der Waals surface area (Å²) in [4.78, 5) is 8.17. The van der Waals surface area contributed by atoms with E-state index in [1.165, 1.54) is 6.20 Å². The number of benzene rings is 1. The number of hydrogen-bond acceptors (Lipinski definition) is 3. The number of ether oxygens (including phenoxy) is 1. The number of aromatic nitrogens is 2. The van der Waals surface area contributed by atoms with Crippen LogP contribution in [0.2, 0.25) is 10.2 Å². The van der Waals surface area contributed by atoms with Crippen molar-refractivity contribution in [2.45, 2.75) is 0 Å². The highest BCUT2D eigenvalue weighted by Crippen LogP contribution is 2.28. The quantitative estimate of drug-likeness (QED) is 0.753. The Labute approximate surface area is 90.6 Å². The van der Waals surface area contributed by atoms with Crippen molar-refractivity contribution in [1.82, 2.24) is 9.97 Å². The molecule has 14 heavy (non-hydrogen) atoms. The summed E-state index contributed by atoms with van der Waals surface area (Å²) in [5, 5.41) is 0.860. The number of methoxy groups -OCH3 is 1. The SMILES string of the molecule is COc1cc2nc(Cl)cnc2cc1Cl. The lowest BCUT2D eigenvalue weighted by Crippen LogP contribution is -1.88. The van der Waals surface area contributed by atoms with Gasteiger partial charge in [-0.3, -0.25) is 4.98 Å². The molecular formula is C9H6Cl2N2O. The number of rotatable bonds is 1. The molecule has 0 saturated heterocycles. The molecule has 0 atom stereocenters. The molecule has 0 radical (unpaired) electrons. The maximum atomic E-state index is 5.92. The zero-order valence-electron chi connectivity index (χ0n) is 7.29. The molecule has 0 amide bonds. The molecule has 0 aliphatic rings. The van der Waals surface area contributed by atoms with Crippen molar-refractivity contribution >= 4 is 34.2 Å². The first kappa shape index (κ1) is 9.49. The largest absolute Gasteiger partial charge is 0.495 e. The highest BCUT2D eigenvalue weighted by atomic mass is 35.5. The molecule has 5 heteroatoms. The number of fused-ring (bicyclic) bond motifs is 1. The van der Waals surface area contributed by atoms with Gasteiger partial charge in [0, 0.05) is 6.07 Å².